The first kappa shape index (κ1) is 61.1. The molecule has 0 aliphatic carbocycles. The van der Waals surface area contributed by atoms with E-state index < -0.39 is 18.0 Å². The van der Waals surface area contributed by atoms with Crippen LogP contribution in [0.1, 0.15) is 296 Å². The molecular weight excluding hydrogens is 725 g/mol. The molecule has 0 rings (SSSR count). The predicted octanol–water partition coefficient (Wildman–Crippen LogP) is 15.7. The number of hydrogen-bond acceptors (Lipinski definition) is 5. The van der Waals surface area contributed by atoms with Crippen molar-refractivity contribution in [3.63, 3.8) is 0 Å². The Labute approximate surface area is 361 Å². The fourth-order valence-corrected chi connectivity index (χ4v) is 7.47. The standard InChI is InChI=1S/2C24H48O2.C3H8O3/c2*1-2-3-4-5-6-7-8-9-10-11-12-13-14-15-16-17-18-19-20-21-22-23-24(25)26;4-1-3(6)2-5/h2*2-23H2,1H3,(H,25,26);3-6H,1-2H2. The van der Waals surface area contributed by atoms with Gasteiger partial charge in [-0.2, -0.15) is 0 Å². The highest BCUT2D eigenvalue weighted by atomic mass is 16.4. The lowest BCUT2D eigenvalue weighted by molar-refractivity contribution is -0.138. The van der Waals surface area contributed by atoms with E-state index in [0.29, 0.717) is 12.8 Å². The number of carbonyl (C=O) groups is 2. The monoisotopic (exact) mass is 829 g/mol. The van der Waals surface area contributed by atoms with Gasteiger partial charge in [-0.1, -0.05) is 271 Å². The Kier molecular flexibility index (Phi) is 61.0. The third-order valence-corrected chi connectivity index (χ3v) is 11.4. The van der Waals surface area contributed by atoms with Crippen LogP contribution in [0.2, 0.25) is 0 Å². The Morgan fingerprint density at radius 2 is 0.431 bits per heavy atom. The van der Waals surface area contributed by atoms with Crippen molar-refractivity contribution in [1.82, 2.24) is 0 Å². The largest absolute Gasteiger partial charge is 0.481 e. The highest BCUT2D eigenvalue weighted by molar-refractivity contribution is 5.66. The van der Waals surface area contributed by atoms with Crippen LogP contribution in [0.3, 0.4) is 0 Å². The topological polar surface area (TPSA) is 135 Å². The van der Waals surface area contributed by atoms with E-state index >= 15 is 0 Å². The Balaban J connectivity index is -0.000000912. The number of aliphatic hydroxyl groups is 3. The summed E-state index contributed by atoms with van der Waals surface area (Å²) in [4.78, 5) is 20.8. The third kappa shape index (κ3) is 66.6. The number of aliphatic hydroxyl groups excluding tert-OH is 3. The highest BCUT2D eigenvalue weighted by Gasteiger charge is 2.00. The molecule has 0 aromatic heterocycles. The fraction of sp³-hybridized carbons (Fsp3) is 0.961. The van der Waals surface area contributed by atoms with Crippen molar-refractivity contribution in [1.29, 1.82) is 0 Å². The van der Waals surface area contributed by atoms with Crippen LogP contribution in [-0.4, -0.2) is 56.8 Å². The van der Waals surface area contributed by atoms with Gasteiger partial charge >= 0.3 is 11.9 Å². The maximum Gasteiger partial charge on any atom is 0.303 e. The van der Waals surface area contributed by atoms with E-state index in [1.54, 1.807) is 0 Å². The van der Waals surface area contributed by atoms with Crippen molar-refractivity contribution in [2.75, 3.05) is 13.2 Å². The summed E-state index contributed by atoms with van der Waals surface area (Å²) in [6.45, 7) is 3.85. The summed E-state index contributed by atoms with van der Waals surface area (Å²) in [7, 11) is 0. The van der Waals surface area contributed by atoms with Crippen molar-refractivity contribution >= 4 is 11.9 Å². The van der Waals surface area contributed by atoms with Gasteiger partial charge in [-0.15, -0.1) is 0 Å². The quantitative estimate of drug-likeness (QED) is 0.0386. The van der Waals surface area contributed by atoms with Crippen molar-refractivity contribution < 1.29 is 35.1 Å². The van der Waals surface area contributed by atoms with E-state index in [-0.39, 0.29) is 13.2 Å². The van der Waals surface area contributed by atoms with Gasteiger partial charge < -0.3 is 25.5 Å². The Morgan fingerprint density at radius 1 is 0.293 bits per heavy atom. The molecule has 0 spiro atoms. The molecule has 7 heteroatoms. The van der Waals surface area contributed by atoms with Crippen LogP contribution < -0.4 is 0 Å². The van der Waals surface area contributed by atoms with Gasteiger partial charge in [0.25, 0.3) is 0 Å². The van der Waals surface area contributed by atoms with Crippen LogP contribution >= 0.6 is 0 Å². The summed E-state index contributed by atoms with van der Waals surface area (Å²) >= 11 is 0. The average molecular weight is 829 g/mol. The summed E-state index contributed by atoms with van der Waals surface area (Å²) in [5, 5.41) is 41.2. The minimum Gasteiger partial charge on any atom is -0.481 e. The summed E-state index contributed by atoms with van der Waals surface area (Å²) in [6, 6.07) is 0. The number of unbranched alkanes of at least 4 members (excludes halogenated alkanes) is 40. The molecular formula is C51H104O7. The van der Waals surface area contributed by atoms with Gasteiger partial charge in [0.15, 0.2) is 0 Å². The number of carboxylic acid groups (broad SMARTS) is 2. The van der Waals surface area contributed by atoms with E-state index in [9.17, 15) is 9.59 Å². The Bertz CT molecular complexity index is 686. The first-order valence-corrected chi connectivity index (χ1v) is 25.7. The van der Waals surface area contributed by atoms with Gasteiger partial charge in [-0.3, -0.25) is 9.59 Å². The molecule has 0 aromatic rings. The molecule has 7 nitrogen and oxygen atoms in total. The van der Waals surface area contributed by atoms with E-state index in [2.05, 4.69) is 13.8 Å². The summed E-state index contributed by atoms with van der Waals surface area (Å²) in [5.74, 6) is -1.30. The summed E-state index contributed by atoms with van der Waals surface area (Å²) < 4.78 is 0. The smallest absolute Gasteiger partial charge is 0.303 e. The SMILES string of the molecule is CCCCCCCCCCCCCCCCCCCCCCCC(=O)O.CCCCCCCCCCCCCCCCCCCCCCCC(=O)O.OCC(O)CO. The van der Waals surface area contributed by atoms with Crippen LogP contribution in [0.5, 0.6) is 0 Å². The molecule has 0 fully saturated rings. The zero-order chi connectivity index (χ0) is 43.3. The van der Waals surface area contributed by atoms with Crippen LogP contribution in [0.15, 0.2) is 0 Å². The lowest BCUT2D eigenvalue weighted by Gasteiger charge is -2.04. The molecule has 0 heterocycles. The Morgan fingerprint density at radius 3 is 0.534 bits per heavy atom. The number of rotatable bonds is 46. The first-order chi connectivity index (χ1) is 28.3. The molecule has 58 heavy (non-hydrogen) atoms. The van der Waals surface area contributed by atoms with E-state index in [0.717, 1.165) is 25.7 Å². The second-order valence-electron chi connectivity index (χ2n) is 17.4. The van der Waals surface area contributed by atoms with Crippen molar-refractivity contribution in [2.24, 2.45) is 0 Å². The number of hydrogen-bond donors (Lipinski definition) is 5. The summed E-state index contributed by atoms with van der Waals surface area (Å²) in [5.41, 5.74) is 0. The van der Waals surface area contributed by atoms with Crippen molar-refractivity contribution in [3.8, 4) is 0 Å². The van der Waals surface area contributed by atoms with Gasteiger partial charge in [0, 0.05) is 12.8 Å². The van der Waals surface area contributed by atoms with Crippen molar-refractivity contribution in [2.45, 2.75) is 302 Å². The summed E-state index contributed by atoms with van der Waals surface area (Å²) in [6.07, 6.45) is 57.2. The molecule has 0 radical (unpaired) electrons. The lowest BCUT2D eigenvalue weighted by atomic mass is 10.0. The number of aliphatic carboxylic acids is 2. The van der Waals surface area contributed by atoms with E-state index in [4.69, 9.17) is 25.5 Å². The van der Waals surface area contributed by atoms with Gasteiger partial charge in [-0.25, -0.2) is 0 Å². The van der Waals surface area contributed by atoms with Gasteiger partial charge in [0.2, 0.25) is 0 Å². The second kappa shape index (κ2) is 57.9. The molecule has 0 saturated carbocycles. The van der Waals surface area contributed by atoms with Crippen LogP contribution in [-0.2, 0) is 9.59 Å². The molecule has 0 aliphatic heterocycles. The minimum atomic E-state index is -0.954. The third-order valence-electron chi connectivity index (χ3n) is 11.4. The molecule has 5 N–H and O–H groups in total. The molecule has 0 unspecified atom stereocenters. The molecule has 350 valence electrons. The lowest BCUT2D eigenvalue weighted by Crippen LogP contribution is -2.15. The fourth-order valence-electron chi connectivity index (χ4n) is 7.47. The molecule has 0 aliphatic rings. The molecule has 0 atom stereocenters. The highest BCUT2D eigenvalue weighted by Crippen LogP contribution is 2.17. The molecule has 0 aromatic carbocycles. The van der Waals surface area contributed by atoms with Crippen LogP contribution in [0.25, 0.3) is 0 Å². The zero-order valence-corrected chi connectivity index (χ0v) is 39.2. The van der Waals surface area contributed by atoms with Crippen LogP contribution in [0.4, 0.5) is 0 Å². The molecule has 0 bridgehead atoms. The van der Waals surface area contributed by atoms with Gasteiger partial charge in [0.05, 0.1) is 13.2 Å². The van der Waals surface area contributed by atoms with E-state index in [1.807, 2.05) is 0 Å². The average Bonchev–Trinajstić information content (AvgIpc) is 3.22. The second-order valence-corrected chi connectivity index (χ2v) is 17.4. The van der Waals surface area contributed by atoms with Gasteiger partial charge in [0.1, 0.15) is 6.10 Å². The van der Waals surface area contributed by atoms with Gasteiger partial charge in [-0.05, 0) is 12.8 Å². The molecule has 0 saturated heterocycles. The predicted molar refractivity (Wildman–Crippen MR) is 250 cm³/mol. The number of carboxylic acids is 2. The maximum atomic E-state index is 10.4. The van der Waals surface area contributed by atoms with Crippen LogP contribution in [0, 0.1) is 0 Å². The van der Waals surface area contributed by atoms with E-state index in [1.165, 1.54) is 244 Å². The Hall–Kier alpha value is -1.18. The maximum absolute atomic E-state index is 10.4. The first-order valence-electron chi connectivity index (χ1n) is 25.7. The van der Waals surface area contributed by atoms with Crippen molar-refractivity contribution in [3.05, 3.63) is 0 Å². The normalized spacial score (nSPS) is 11.0. The molecule has 0 amide bonds. The zero-order valence-electron chi connectivity index (χ0n) is 39.2. The minimum absolute atomic E-state index is 0.346.